The van der Waals surface area contributed by atoms with E-state index in [9.17, 15) is 24.0 Å². The Morgan fingerprint density at radius 1 is 1.29 bits per heavy atom. The average molecular weight is 507 g/mol. The summed E-state index contributed by atoms with van der Waals surface area (Å²) in [6.07, 6.45) is 0.775. The molecule has 9 nitrogen and oxygen atoms in total. The number of hydrogen-bond acceptors (Lipinski definition) is 7. The zero-order chi connectivity index (χ0) is 25.8. The largest absolute Gasteiger partial charge is 0.385 e. The van der Waals surface area contributed by atoms with Crippen LogP contribution in [0.25, 0.3) is 0 Å². The first-order valence-corrected chi connectivity index (χ1v) is 12.8. The van der Waals surface area contributed by atoms with Crippen LogP contribution in [-0.2, 0) is 14.4 Å². The molecule has 0 aliphatic carbocycles. The fourth-order valence-corrected chi connectivity index (χ4v) is 5.30. The molecule has 0 saturated carbocycles. The molecule has 0 bridgehead atoms. The molecule has 2 rings (SSSR count). The summed E-state index contributed by atoms with van der Waals surface area (Å²) in [6.45, 7) is 5.17. The van der Waals surface area contributed by atoms with Crippen LogP contribution in [0.4, 0.5) is 15.8 Å². The van der Waals surface area contributed by atoms with Crippen LogP contribution in [-0.4, -0.2) is 84.6 Å². The van der Waals surface area contributed by atoms with E-state index in [2.05, 4.69) is 16.0 Å². The number of alkyl halides is 1. The van der Waals surface area contributed by atoms with Crippen LogP contribution < -0.4 is 16.0 Å². The van der Waals surface area contributed by atoms with E-state index in [0.717, 1.165) is 12.2 Å². The smallest absolute Gasteiger partial charge is 0.238 e. The fraction of sp³-hybridized carbons (Fsp3) is 0.583. The molecule has 3 amide bonds. The molecule has 0 spiro atoms. The Kier molecular flexibility index (Phi) is 11.8. The number of hydrogen-bond donors (Lipinski definition) is 3. The molecule has 11 heteroatoms. The zero-order valence-corrected chi connectivity index (χ0v) is 21.4. The second kappa shape index (κ2) is 14.5. The maximum Gasteiger partial charge on any atom is 0.238 e. The number of rotatable bonds is 14. The van der Waals surface area contributed by atoms with Gasteiger partial charge in [-0.2, -0.15) is 5.26 Å². The van der Waals surface area contributed by atoms with E-state index < -0.39 is 18.5 Å². The number of carbonyl (C=O) groups excluding carboxylic acids is 3. The van der Waals surface area contributed by atoms with Gasteiger partial charge in [-0.05, 0) is 45.1 Å². The SMILES string of the molecule is CCN(C)CC(=O)Nc1cccc(NCCC2SC(CC(C#N)C(=O)NCCF)N(CC)C2=O)c1. The van der Waals surface area contributed by atoms with Crippen molar-refractivity contribution in [2.75, 3.05) is 57.1 Å². The lowest BCUT2D eigenvalue weighted by molar-refractivity contribution is -0.131. The Labute approximate surface area is 210 Å². The number of halogens is 1. The summed E-state index contributed by atoms with van der Waals surface area (Å²) in [5.74, 6) is -1.54. The lowest BCUT2D eigenvalue weighted by Gasteiger charge is -2.23. The highest BCUT2D eigenvalue weighted by atomic mass is 32.2. The van der Waals surface area contributed by atoms with Gasteiger partial charge in [0.2, 0.25) is 17.7 Å². The number of nitriles is 1. The van der Waals surface area contributed by atoms with E-state index in [1.807, 2.05) is 56.1 Å². The number of nitrogens with one attached hydrogen (secondary N) is 3. The molecule has 3 unspecified atom stereocenters. The van der Waals surface area contributed by atoms with Crippen molar-refractivity contribution in [3.05, 3.63) is 24.3 Å². The summed E-state index contributed by atoms with van der Waals surface area (Å²) < 4.78 is 12.3. The normalized spacial score (nSPS) is 18.3. The van der Waals surface area contributed by atoms with E-state index in [-0.39, 0.29) is 35.4 Å². The topological polar surface area (TPSA) is 118 Å². The van der Waals surface area contributed by atoms with Gasteiger partial charge in [-0.25, -0.2) is 4.39 Å². The first kappa shape index (κ1) is 28.4. The van der Waals surface area contributed by atoms with Gasteiger partial charge in [0.1, 0.15) is 12.6 Å². The molecule has 192 valence electrons. The molecule has 1 saturated heterocycles. The minimum atomic E-state index is -0.937. The molecular weight excluding hydrogens is 471 g/mol. The Hall–Kier alpha value is -2.84. The van der Waals surface area contributed by atoms with Crippen LogP contribution in [0.1, 0.15) is 26.7 Å². The average Bonchev–Trinajstić information content (AvgIpc) is 3.14. The van der Waals surface area contributed by atoms with E-state index in [4.69, 9.17) is 0 Å². The minimum absolute atomic E-state index is 0.00814. The highest BCUT2D eigenvalue weighted by Gasteiger charge is 2.40. The number of amides is 3. The standard InChI is InChI=1S/C24H35FN6O3S/c1-4-30(3)16-21(32)29-19-8-6-7-18(14-19)27-11-9-20-24(34)31(5-2)22(35-20)13-17(15-26)23(33)28-12-10-25/h6-8,14,17,20,22,27H,4-5,9-13,16H2,1-3H3,(H,28,33)(H,29,32). The Morgan fingerprint density at radius 2 is 2.03 bits per heavy atom. The number of likely N-dealkylation sites (N-methyl/N-ethyl adjacent to an activating group) is 1. The number of carbonyl (C=O) groups is 3. The second-order valence-corrected chi connectivity index (χ2v) is 9.66. The molecule has 1 fully saturated rings. The van der Waals surface area contributed by atoms with Gasteiger partial charge in [0.05, 0.1) is 23.2 Å². The summed E-state index contributed by atoms with van der Waals surface area (Å²) in [5, 5.41) is 17.4. The van der Waals surface area contributed by atoms with Crippen molar-refractivity contribution in [2.45, 2.75) is 37.3 Å². The molecule has 0 radical (unpaired) electrons. The molecule has 35 heavy (non-hydrogen) atoms. The quantitative estimate of drug-likeness (QED) is 0.354. The van der Waals surface area contributed by atoms with Gasteiger partial charge in [0, 0.05) is 37.4 Å². The minimum Gasteiger partial charge on any atom is -0.385 e. The summed E-state index contributed by atoms with van der Waals surface area (Å²) >= 11 is 1.46. The van der Waals surface area contributed by atoms with Crippen molar-refractivity contribution in [1.29, 1.82) is 5.26 Å². The zero-order valence-electron chi connectivity index (χ0n) is 20.6. The van der Waals surface area contributed by atoms with Crippen molar-refractivity contribution in [3.8, 4) is 6.07 Å². The summed E-state index contributed by atoms with van der Waals surface area (Å²) in [6, 6.07) is 9.40. The molecule has 1 aromatic carbocycles. The van der Waals surface area contributed by atoms with Crippen LogP contribution in [0.2, 0.25) is 0 Å². The third-order valence-corrected chi connectivity index (χ3v) is 7.23. The number of nitrogens with zero attached hydrogens (tertiary/aromatic N) is 3. The van der Waals surface area contributed by atoms with Gasteiger partial charge < -0.3 is 20.9 Å². The molecule has 1 aliphatic rings. The van der Waals surface area contributed by atoms with Gasteiger partial charge in [0.25, 0.3) is 0 Å². The monoisotopic (exact) mass is 506 g/mol. The van der Waals surface area contributed by atoms with Crippen LogP contribution >= 0.6 is 11.8 Å². The number of thioether (sulfide) groups is 1. The van der Waals surface area contributed by atoms with Crippen LogP contribution in [0, 0.1) is 17.2 Å². The molecule has 1 aromatic rings. The van der Waals surface area contributed by atoms with E-state index >= 15 is 0 Å². The summed E-state index contributed by atoms with van der Waals surface area (Å²) in [5.41, 5.74) is 1.53. The fourth-order valence-electron chi connectivity index (χ4n) is 3.71. The van der Waals surface area contributed by atoms with E-state index in [1.54, 1.807) is 4.90 Å². The van der Waals surface area contributed by atoms with E-state index in [1.165, 1.54) is 11.8 Å². The van der Waals surface area contributed by atoms with Gasteiger partial charge in [0.15, 0.2) is 0 Å². The maximum atomic E-state index is 12.9. The summed E-state index contributed by atoms with van der Waals surface area (Å²) in [7, 11) is 1.88. The maximum absolute atomic E-state index is 12.9. The van der Waals surface area contributed by atoms with Crippen molar-refractivity contribution in [2.24, 2.45) is 5.92 Å². The van der Waals surface area contributed by atoms with Crippen LogP contribution in [0.3, 0.4) is 0 Å². The predicted octanol–water partition coefficient (Wildman–Crippen LogP) is 2.28. The Morgan fingerprint density at radius 3 is 2.69 bits per heavy atom. The lowest BCUT2D eigenvalue weighted by Crippen LogP contribution is -2.38. The molecule has 1 aliphatic heterocycles. The highest BCUT2D eigenvalue weighted by Crippen LogP contribution is 2.37. The Bertz CT molecular complexity index is 911. The molecule has 3 atom stereocenters. The van der Waals surface area contributed by atoms with Gasteiger partial charge in [-0.1, -0.05) is 13.0 Å². The molecule has 0 aromatic heterocycles. The molecule has 1 heterocycles. The third-order valence-electron chi connectivity index (χ3n) is 5.71. The number of benzene rings is 1. The molecular formula is C24H35FN6O3S. The third kappa shape index (κ3) is 8.71. The highest BCUT2D eigenvalue weighted by molar-refractivity contribution is 8.01. The first-order valence-electron chi connectivity index (χ1n) is 11.8. The Balaban J connectivity index is 1.89. The second-order valence-electron chi connectivity index (χ2n) is 8.28. The van der Waals surface area contributed by atoms with E-state index in [0.29, 0.717) is 31.7 Å². The summed E-state index contributed by atoms with van der Waals surface area (Å²) in [4.78, 5) is 40.7. The molecule has 3 N–H and O–H groups in total. The van der Waals surface area contributed by atoms with Gasteiger partial charge in [-0.15, -0.1) is 11.8 Å². The van der Waals surface area contributed by atoms with Crippen LogP contribution in [0.15, 0.2) is 24.3 Å². The predicted molar refractivity (Wildman–Crippen MR) is 137 cm³/mol. The van der Waals surface area contributed by atoms with Gasteiger partial charge in [-0.3, -0.25) is 19.3 Å². The first-order chi connectivity index (χ1) is 16.8. The van der Waals surface area contributed by atoms with Crippen molar-refractivity contribution < 1.29 is 18.8 Å². The van der Waals surface area contributed by atoms with Crippen LogP contribution in [0.5, 0.6) is 0 Å². The lowest BCUT2D eigenvalue weighted by atomic mass is 10.1. The van der Waals surface area contributed by atoms with Crippen molar-refractivity contribution >= 4 is 40.9 Å². The van der Waals surface area contributed by atoms with Crippen molar-refractivity contribution in [3.63, 3.8) is 0 Å². The van der Waals surface area contributed by atoms with Gasteiger partial charge >= 0.3 is 0 Å². The number of anilines is 2. The van der Waals surface area contributed by atoms with Crippen molar-refractivity contribution in [1.82, 2.24) is 15.1 Å².